The zero-order valence-corrected chi connectivity index (χ0v) is 17.4. The van der Waals surface area contributed by atoms with Gasteiger partial charge >= 0.3 is 0 Å². The van der Waals surface area contributed by atoms with E-state index in [0.29, 0.717) is 12.1 Å². The van der Waals surface area contributed by atoms with Gasteiger partial charge in [-0.1, -0.05) is 12.1 Å². The van der Waals surface area contributed by atoms with Crippen molar-refractivity contribution in [3.8, 4) is 0 Å². The van der Waals surface area contributed by atoms with Crippen LogP contribution in [0.4, 0.5) is 4.39 Å². The Morgan fingerprint density at radius 2 is 2.08 bits per heavy atom. The van der Waals surface area contributed by atoms with Crippen LogP contribution in [0.2, 0.25) is 0 Å². The molecule has 7 heteroatoms. The summed E-state index contributed by atoms with van der Waals surface area (Å²) in [6, 6.07) is 5.23. The molecule has 0 bridgehead atoms. The Labute approximate surface area is 164 Å². The maximum atomic E-state index is 13.6. The fourth-order valence-electron chi connectivity index (χ4n) is 2.08. The first kappa shape index (κ1) is 20.8. The lowest BCUT2D eigenvalue weighted by molar-refractivity contribution is 0.616. The van der Waals surface area contributed by atoms with E-state index in [2.05, 4.69) is 26.0 Å². The lowest BCUT2D eigenvalue weighted by Gasteiger charge is -2.11. The Kier molecular flexibility index (Phi) is 9.20. The number of nitrogens with zero attached hydrogens (tertiary/aromatic N) is 2. The van der Waals surface area contributed by atoms with Gasteiger partial charge in [0.05, 0.1) is 17.2 Å². The van der Waals surface area contributed by atoms with Crippen molar-refractivity contribution >= 4 is 41.3 Å². The van der Waals surface area contributed by atoms with Gasteiger partial charge in [-0.2, -0.15) is 0 Å². The van der Waals surface area contributed by atoms with Gasteiger partial charge < -0.3 is 10.6 Å². The van der Waals surface area contributed by atoms with Gasteiger partial charge in [0.25, 0.3) is 0 Å². The maximum Gasteiger partial charge on any atom is 0.191 e. The van der Waals surface area contributed by atoms with Crippen molar-refractivity contribution in [2.75, 3.05) is 13.1 Å². The summed E-state index contributed by atoms with van der Waals surface area (Å²) < 4.78 is 13.6. The Morgan fingerprint density at radius 1 is 1.29 bits per heavy atom. The minimum atomic E-state index is -0.186. The molecule has 0 saturated heterocycles. The molecule has 0 fully saturated rings. The number of guanidine groups is 1. The predicted octanol–water partition coefficient (Wildman–Crippen LogP) is 3.81. The minimum absolute atomic E-state index is 0. The number of aromatic nitrogens is 1. The third-order valence-electron chi connectivity index (χ3n) is 3.34. The SMILES string of the molecule is CCNC(=NCc1ccc(C)c(F)c1)NCCc1csc(C)n1.I. The van der Waals surface area contributed by atoms with E-state index in [1.54, 1.807) is 30.4 Å². The van der Waals surface area contributed by atoms with Crippen LogP contribution in [-0.4, -0.2) is 24.0 Å². The zero-order valence-electron chi connectivity index (χ0n) is 14.2. The molecule has 2 N–H and O–H groups in total. The van der Waals surface area contributed by atoms with Crippen LogP contribution >= 0.6 is 35.3 Å². The Hall–Kier alpha value is -1.22. The number of thiazole rings is 1. The number of benzene rings is 1. The van der Waals surface area contributed by atoms with Crippen molar-refractivity contribution in [3.63, 3.8) is 0 Å². The van der Waals surface area contributed by atoms with Gasteiger partial charge in [-0.15, -0.1) is 35.3 Å². The zero-order chi connectivity index (χ0) is 16.7. The van der Waals surface area contributed by atoms with Crippen molar-refractivity contribution in [1.29, 1.82) is 0 Å². The van der Waals surface area contributed by atoms with E-state index in [1.807, 2.05) is 19.9 Å². The normalized spacial score (nSPS) is 11.1. The number of halogens is 2. The summed E-state index contributed by atoms with van der Waals surface area (Å²) >= 11 is 1.66. The van der Waals surface area contributed by atoms with E-state index in [9.17, 15) is 4.39 Å². The number of nitrogens with one attached hydrogen (secondary N) is 2. The van der Waals surface area contributed by atoms with Gasteiger partial charge in [-0.3, -0.25) is 0 Å². The van der Waals surface area contributed by atoms with Gasteiger partial charge in [-0.25, -0.2) is 14.4 Å². The van der Waals surface area contributed by atoms with E-state index >= 15 is 0 Å². The van der Waals surface area contributed by atoms with Crippen LogP contribution in [0.15, 0.2) is 28.6 Å². The second-order valence-corrected chi connectivity index (χ2v) is 6.38. The van der Waals surface area contributed by atoms with Crippen LogP contribution in [-0.2, 0) is 13.0 Å². The molecule has 0 amide bonds. The molecule has 0 saturated carbocycles. The van der Waals surface area contributed by atoms with Crippen LogP contribution in [0.25, 0.3) is 0 Å². The van der Waals surface area contributed by atoms with Gasteiger partial charge in [-0.05, 0) is 38.0 Å². The van der Waals surface area contributed by atoms with Crippen molar-refractivity contribution in [3.05, 3.63) is 51.2 Å². The predicted molar refractivity (Wildman–Crippen MR) is 110 cm³/mol. The lowest BCUT2D eigenvalue weighted by Crippen LogP contribution is -2.38. The molecule has 1 aromatic heterocycles. The fraction of sp³-hybridized carbons (Fsp3) is 0.412. The first-order chi connectivity index (χ1) is 11.1. The molecular weight excluding hydrogens is 438 g/mol. The highest BCUT2D eigenvalue weighted by molar-refractivity contribution is 14.0. The number of hydrogen-bond acceptors (Lipinski definition) is 3. The molecule has 2 aromatic rings. The highest BCUT2D eigenvalue weighted by atomic mass is 127. The van der Waals surface area contributed by atoms with E-state index in [4.69, 9.17) is 0 Å². The molecule has 1 aromatic carbocycles. The quantitative estimate of drug-likeness (QED) is 0.390. The van der Waals surface area contributed by atoms with Crippen LogP contribution in [0.1, 0.15) is 28.8 Å². The van der Waals surface area contributed by atoms with E-state index in [0.717, 1.165) is 41.7 Å². The fourth-order valence-corrected chi connectivity index (χ4v) is 2.73. The molecule has 0 aliphatic rings. The molecular formula is C17H24FIN4S. The molecule has 24 heavy (non-hydrogen) atoms. The summed E-state index contributed by atoms with van der Waals surface area (Å²) in [5.41, 5.74) is 2.61. The summed E-state index contributed by atoms with van der Waals surface area (Å²) in [5, 5.41) is 9.65. The van der Waals surface area contributed by atoms with E-state index < -0.39 is 0 Å². The number of rotatable bonds is 6. The first-order valence-electron chi connectivity index (χ1n) is 7.76. The standard InChI is InChI=1S/C17H23FN4S.HI/c1-4-19-17(20-8-7-15-11-23-13(3)22-15)21-10-14-6-5-12(2)16(18)9-14;/h5-6,9,11H,4,7-8,10H2,1-3H3,(H2,19,20,21);1H. The smallest absolute Gasteiger partial charge is 0.191 e. The molecule has 0 aliphatic heterocycles. The molecule has 0 atom stereocenters. The summed E-state index contributed by atoms with van der Waals surface area (Å²) in [4.78, 5) is 8.94. The summed E-state index contributed by atoms with van der Waals surface area (Å²) in [6.45, 7) is 7.78. The van der Waals surface area contributed by atoms with Crippen LogP contribution < -0.4 is 10.6 Å². The van der Waals surface area contributed by atoms with Gasteiger partial charge in [0.15, 0.2) is 5.96 Å². The Balaban J connectivity index is 0.00000288. The topological polar surface area (TPSA) is 49.3 Å². The molecule has 0 aliphatic carbocycles. The highest BCUT2D eigenvalue weighted by Gasteiger charge is 2.02. The molecule has 4 nitrogen and oxygen atoms in total. The third-order valence-corrected chi connectivity index (χ3v) is 4.16. The minimum Gasteiger partial charge on any atom is -0.357 e. The third kappa shape index (κ3) is 6.72. The van der Waals surface area contributed by atoms with Gasteiger partial charge in [0, 0.05) is 24.9 Å². The number of hydrogen-bond donors (Lipinski definition) is 2. The summed E-state index contributed by atoms with van der Waals surface area (Å²) in [5.74, 6) is 0.551. The maximum absolute atomic E-state index is 13.6. The Bertz CT molecular complexity index is 672. The summed E-state index contributed by atoms with van der Waals surface area (Å²) in [6.07, 6.45) is 0.855. The van der Waals surface area contributed by atoms with Crippen LogP contribution in [0.3, 0.4) is 0 Å². The Morgan fingerprint density at radius 3 is 2.71 bits per heavy atom. The molecule has 0 spiro atoms. The van der Waals surface area contributed by atoms with Crippen molar-refractivity contribution in [2.45, 2.75) is 33.7 Å². The monoisotopic (exact) mass is 462 g/mol. The van der Waals surface area contributed by atoms with E-state index in [1.165, 1.54) is 0 Å². The van der Waals surface area contributed by atoms with Crippen LogP contribution in [0, 0.1) is 19.7 Å². The second kappa shape index (κ2) is 10.6. The average molecular weight is 462 g/mol. The van der Waals surface area contributed by atoms with Crippen molar-refractivity contribution < 1.29 is 4.39 Å². The summed E-state index contributed by atoms with van der Waals surface area (Å²) in [7, 11) is 0. The highest BCUT2D eigenvalue weighted by Crippen LogP contribution is 2.10. The first-order valence-corrected chi connectivity index (χ1v) is 8.64. The lowest BCUT2D eigenvalue weighted by atomic mass is 10.1. The average Bonchev–Trinajstić information content (AvgIpc) is 2.93. The van der Waals surface area contributed by atoms with E-state index in [-0.39, 0.29) is 29.8 Å². The number of aryl methyl sites for hydroxylation is 2. The van der Waals surface area contributed by atoms with Crippen molar-refractivity contribution in [2.24, 2.45) is 4.99 Å². The molecule has 0 unspecified atom stereocenters. The van der Waals surface area contributed by atoms with Crippen molar-refractivity contribution in [1.82, 2.24) is 15.6 Å². The molecule has 2 rings (SSSR count). The van der Waals surface area contributed by atoms with Crippen LogP contribution in [0.5, 0.6) is 0 Å². The molecule has 132 valence electrons. The number of aliphatic imine (C=N–C) groups is 1. The van der Waals surface area contributed by atoms with Gasteiger partial charge in [0.2, 0.25) is 0 Å². The van der Waals surface area contributed by atoms with Gasteiger partial charge in [0.1, 0.15) is 5.82 Å². The largest absolute Gasteiger partial charge is 0.357 e. The molecule has 1 heterocycles. The molecule has 0 radical (unpaired) electrons. The second-order valence-electron chi connectivity index (χ2n) is 5.31.